The summed E-state index contributed by atoms with van der Waals surface area (Å²) < 4.78 is 22.7. The van der Waals surface area contributed by atoms with Gasteiger partial charge in [-0.2, -0.15) is 0 Å². The fraction of sp³-hybridized carbons (Fsp3) is 0.625. The summed E-state index contributed by atoms with van der Waals surface area (Å²) in [6, 6.07) is -0.211. The summed E-state index contributed by atoms with van der Waals surface area (Å²) in [5, 5.41) is 3.01. The normalized spacial score (nSPS) is 28.1. The van der Waals surface area contributed by atoms with Gasteiger partial charge in [0.15, 0.2) is 6.39 Å². The average molecular weight is 186 g/mol. The molecule has 5 heteroatoms. The minimum Gasteiger partial charge on any atom is -0.451 e. The van der Waals surface area contributed by atoms with Crippen LogP contribution in [-0.4, -0.2) is 30.4 Å². The Kier molecular flexibility index (Phi) is 2.56. The lowest BCUT2D eigenvalue weighted by Gasteiger charge is -2.10. The van der Waals surface area contributed by atoms with Crippen LogP contribution in [0.2, 0.25) is 0 Å². The zero-order chi connectivity index (χ0) is 9.10. The highest BCUT2D eigenvalue weighted by molar-refractivity contribution is 4.92. The third kappa shape index (κ3) is 2.05. The lowest BCUT2D eigenvalue weighted by atomic mass is 10.2. The zero-order valence-electron chi connectivity index (χ0n) is 7.07. The number of ether oxygens (including phenoxy) is 1. The van der Waals surface area contributed by atoms with E-state index in [0.29, 0.717) is 13.2 Å². The van der Waals surface area contributed by atoms with Gasteiger partial charge >= 0.3 is 0 Å². The summed E-state index contributed by atoms with van der Waals surface area (Å²) in [7, 11) is 0. The summed E-state index contributed by atoms with van der Waals surface area (Å²) in [6.45, 7) is 1.14. The van der Waals surface area contributed by atoms with Crippen molar-refractivity contribution in [3.63, 3.8) is 0 Å². The monoisotopic (exact) mass is 186 g/mol. The van der Waals surface area contributed by atoms with E-state index in [1.807, 2.05) is 0 Å². The van der Waals surface area contributed by atoms with Crippen LogP contribution in [0.4, 0.5) is 4.39 Å². The Bertz CT molecular complexity index is 253. The van der Waals surface area contributed by atoms with Crippen molar-refractivity contribution in [3.05, 3.63) is 18.4 Å². The Morgan fingerprint density at radius 3 is 3.15 bits per heavy atom. The van der Waals surface area contributed by atoms with E-state index in [9.17, 15) is 4.39 Å². The van der Waals surface area contributed by atoms with E-state index in [1.54, 1.807) is 0 Å². The number of nitrogens with zero attached hydrogens (tertiary/aromatic N) is 1. The van der Waals surface area contributed by atoms with Crippen molar-refractivity contribution in [2.75, 3.05) is 13.2 Å². The van der Waals surface area contributed by atoms with Crippen LogP contribution in [0.1, 0.15) is 5.69 Å². The van der Waals surface area contributed by atoms with E-state index in [4.69, 9.17) is 9.15 Å². The largest absolute Gasteiger partial charge is 0.451 e. The van der Waals surface area contributed by atoms with Gasteiger partial charge in [-0.25, -0.2) is 9.37 Å². The lowest BCUT2D eigenvalue weighted by molar-refractivity contribution is 0.172. The van der Waals surface area contributed by atoms with Crippen molar-refractivity contribution in [2.24, 2.45) is 0 Å². The Morgan fingerprint density at radius 2 is 2.54 bits per heavy atom. The first-order valence-electron chi connectivity index (χ1n) is 4.18. The van der Waals surface area contributed by atoms with Gasteiger partial charge in [-0.1, -0.05) is 0 Å². The molecule has 4 nitrogen and oxygen atoms in total. The molecule has 0 bridgehead atoms. The molecular formula is C8H11FN2O2. The van der Waals surface area contributed by atoms with Gasteiger partial charge in [0.1, 0.15) is 12.4 Å². The molecule has 0 aliphatic carbocycles. The predicted molar refractivity (Wildman–Crippen MR) is 42.8 cm³/mol. The molecule has 0 saturated carbocycles. The Balaban J connectivity index is 1.79. The molecule has 13 heavy (non-hydrogen) atoms. The van der Waals surface area contributed by atoms with Gasteiger partial charge < -0.3 is 14.5 Å². The molecule has 0 radical (unpaired) electrons. The third-order valence-electron chi connectivity index (χ3n) is 2.04. The molecule has 1 aliphatic rings. The second-order valence-electron chi connectivity index (χ2n) is 3.02. The van der Waals surface area contributed by atoms with Crippen molar-refractivity contribution in [1.29, 1.82) is 0 Å². The highest BCUT2D eigenvalue weighted by atomic mass is 19.1. The molecule has 1 aromatic rings. The molecule has 2 unspecified atom stereocenters. The molecule has 2 rings (SSSR count). The summed E-state index contributed by atoms with van der Waals surface area (Å²) in [4.78, 5) is 3.91. The van der Waals surface area contributed by atoms with Crippen LogP contribution >= 0.6 is 0 Å². The minimum atomic E-state index is -0.910. The Hall–Kier alpha value is -0.940. The van der Waals surface area contributed by atoms with Crippen LogP contribution in [0, 0.1) is 0 Å². The van der Waals surface area contributed by atoms with Gasteiger partial charge in [0.05, 0.1) is 24.9 Å². The SMILES string of the molecule is FC1COCC1NCc1cocn1. The topological polar surface area (TPSA) is 47.3 Å². The molecule has 2 heterocycles. The van der Waals surface area contributed by atoms with Crippen molar-refractivity contribution in [2.45, 2.75) is 18.8 Å². The number of alkyl halides is 1. The standard InChI is InChI=1S/C8H11FN2O2/c9-7-3-12-4-8(7)10-1-6-2-13-5-11-6/h2,5,7-8,10H,1,3-4H2. The van der Waals surface area contributed by atoms with Crippen molar-refractivity contribution >= 4 is 0 Å². The van der Waals surface area contributed by atoms with E-state index in [-0.39, 0.29) is 12.6 Å². The lowest BCUT2D eigenvalue weighted by Crippen LogP contribution is -2.36. The molecule has 0 spiro atoms. The number of hydrogen-bond donors (Lipinski definition) is 1. The fourth-order valence-corrected chi connectivity index (χ4v) is 1.28. The quantitative estimate of drug-likeness (QED) is 0.746. The van der Waals surface area contributed by atoms with E-state index < -0.39 is 6.17 Å². The van der Waals surface area contributed by atoms with Gasteiger partial charge in [-0.15, -0.1) is 0 Å². The highest BCUT2D eigenvalue weighted by Crippen LogP contribution is 2.09. The van der Waals surface area contributed by atoms with E-state index in [1.165, 1.54) is 12.7 Å². The molecular weight excluding hydrogens is 175 g/mol. The Labute approximate surface area is 75.1 Å². The van der Waals surface area contributed by atoms with E-state index in [0.717, 1.165) is 5.69 Å². The number of nitrogens with one attached hydrogen (secondary N) is 1. The zero-order valence-corrected chi connectivity index (χ0v) is 7.07. The summed E-state index contributed by atoms with van der Waals surface area (Å²) in [5.41, 5.74) is 0.777. The van der Waals surface area contributed by atoms with Gasteiger partial charge in [-0.05, 0) is 0 Å². The van der Waals surface area contributed by atoms with Gasteiger partial charge in [-0.3, -0.25) is 0 Å². The van der Waals surface area contributed by atoms with Crippen LogP contribution in [0.25, 0.3) is 0 Å². The molecule has 0 aromatic carbocycles. The number of oxazole rings is 1. The van der Waals surface area contributed by atoms with Crippen LogP contribution in [0.3, 0.4) is 0 Å². The first-order chi connectivity index (χ1) is 6.36. The first-order valence-corrected chi connectivity index (χ1v) is 4.18. The number of hydrogen-bond acceptors (Lipinski definition) is 4. The molecule has 2 atom stereocenters. The summed E-state index contributed by atoms with van der Waals surface area (Å²) in [6.07, 6.45) is 1.98. The minimum absolute atomic E-state index is 0.191. The average Bonchev–Trinajstić information content (AvgIpc) is 2.72. The molecule has 72 valence electrons. The third-order valence-corrected chi connectivity index (χ3v) is 2.04. The van der Waals surface area contributed by atoms with Gasteiger partial charge in [0, 0.05) is 6.54 Å². The van der Waals surface area contributed by atoms with Crippen molar-refractivity contribution in [3.8, 4) is 0 Å². The maximum atomic E-state index is 13.0. The number of rotatable bonds is 3. The second kappa shape index (κ2) is 3.85. The fourth-order valence-electron chi connectivity index (χ4n) is 1.28. The van der Waals surface area contributed by atoms with Crippen LogP contribution < -0.4 is 5.32 Å². The molecule has 1 fully saturated rings. The molecule has 1 saturated heterocycles. The van der Waals surface area contributed by atoms with E-state index >= 15 is 0 Å². The van der Waals surface area contributed by atoms with Crippen LogP contribution in [0.15, 0.2) is 17.1 Å². The second-order valence-corrected chi connectivity index (χ2v) is 3.02. The summed E-state index contributed by atoms with van der Waals surface area (Å²) >= 11 is 0. The smallest absolute Gasteiger partial charge is 0.180 e. The van der Waals surface area contributed by atoms with Crippen molar-refractivity contribution < 1.29 is 13.5 Å². The molecule has 1 aromatic heterocycles. The maximum absolute atomic E-state index is 13.0. The molecule has 1 aliphatic heterocycles. The van der Waals surface area contributed by atoms with Crippen LogP contribution in [0.5, 0.6) is 0 Å². The van der Waals surface area contributed by atoms with Crippen LogP contribution in [-0.2, 0) is 11.3 Å². The number of aromatic nitrogens is 1. The molecule has 1 N–H and O–H groups in total. The van der Waals surface area contributed by atoms with Crippen molar-refractivity contribution in [1.82, 2.24) is 10.3 Å². The van der Waals surface area contributed by atoms with E-state index in [2.05, 4.69) is 10.3 Å². The predicted octanol–water partition coefficient (Wildman–Crippen LogP) is 0.501. The van der Waals surface area contributed by atoms with Gasteiger partial charge in [0.2, 0.25) is 0 Å². The van der Waals surface area contributed by atoms with Gasteiger partial charge in [0.25, 0.3) is 0 Å². The Morgan fingerprint density at radius 1 is 1.62 bits per heavy atom. The highest BCUT2D eigenvalue weighted by Gasteiger charge is 2.27. The first kappa shape index (κ1) is 8.65. The molecule has 0 amide bonds. The summed E-state index contributed by atoms with van der Waals surface area (Å²) in [5.74, 6) is 0. The maximum Gasteiger partial charge on any atom is 0.180 e. The number of halogens is 1.